The first-order valence-electron chi connectivity index (χ1n) is 10.0. The second kappa shape index (κ2) is 12.8. The molecule has 0 spiro atoms. The summed E-state index contributed by atoms with van der Waals surface area (Å²) in [6.45, 7) is 1.94. The Hall–Kier alpha value is -2.57. The molecule has 2 aromatic rings. The van der Waals surface area contributed by atoms with Gasteiger partial charge in [0.15, 0.2) is 0 Å². The van der Waals surface area contributed by atoms with E-state index < -0.39 is 0 Å². The van der Waals surface area contributed by atoms with Crippen LogP contribution in [0.25, 0.3) is 0 Å². The van der Waals surface area contributed by atoms with E-state index in [1.54, 1.807) is 29.2 Å². The summed E-state index contributed by atoms with van der Waals surface area (Å²) in [6, 6.07) is 16.2. The minimum Gasteiger partial charge on any atom is -0.358 e. The number of nitrogens with zero attached hydrogens (tertiary/aromatic N) is 1. The highest BCUT2D eigenvalue weighted by molar-refractivity contribution is 6.30. The molecule has 0 unspecified atom stereocenters. The van der Waals surface area contributed by atoms with Crippen molar-refractivity contribution in [3.8, 4) is 0 Å². The van der Waals surface area contributed by atoms with Gasteiger partial charge in [-0.15, -0.1) is 0 Å². The molecule has 29 heavy (non-hydrogen) atoms. The molecule has 0 heterocycles. The maximum absolute atomic E-state index is 12.8. The fourth-order valence-corrected chi connectivity index (χ4v) is 3.00. The number of quaternary nitrogens is 1. The highest BCUT2D eigenvalue weighted by Crippen LogP contribution is 2.18. The predicted octanol–water partition coefficient (Wildman–Crippen LogP) is 3.69. The monoisotopic (exact) mass is 417 g/mol. The van der Waals surface area contributed by atoms with Crippen molar-refractivity contribution >= 4 is 34.9 Å². The molecule has 0 atom stereocenters. The van der Waals surface area contributed by atoms with E-state index in [0.29, 0.717) is 36.6 Å². The largest absolute Gasteiger partial charge is 0.358 e. The van der Waals surface area contributed by atoms with Crippen LogP contribution in [0.2, 0.25) is 5.02 Å². The van der Waals surface area contributed by atoms with Crippen molar-refractivity contribution in [2.45, 2.75) is 32.1 Å². The van der Waals surface area contributed by atoms with Crippen LogP contribution in [0.15, 0.2) is 54.6 Å². The summed E-state index contributed by atoms with van der Waals surface area (Å²) in [6.07, 6.45) is 4.18. The van der Waals surface area contributed by atoms with Crippen LogP contribution in [0.3, 0.4) is 0 Å². The maximum atomic E-state index is 12.8. The quantitative estimate of drug-likeness (QED) is 0.487. The lowest BCUT2D eigenvalue weighted by molar-refractivity contribution is -0.368. The van der Waals surface area contributed by atoms with Crippen LogP contribution < -0.4 is 21.3 Å². The fraction of sp³-hybridized carbons (Fsp3) is 0.364. The van der Waals surface area contributed by atoms with Gasteiger partial charge in [-0.05, 0) is 62.1 Å². The van der Waals surface area contributed by atoms with Crippen LogP contribution in [-0.2, 0) is 4.79 Å². The number of halogens is 1. The number of hydrogen-bond acceptors (Lipinski definition) is 2. The Morgan fingerprint density at radius 2 is 1.66 bits per heavy atom. The van der Waals surface area contributed by atoms with Crippen molar-refractivity contribution in [1.29, 1.82) is 0 Å². The molecular formula is C22H30ClN4O2+. The number of unbranched alkanes of at least 4 members (excludes halogenated alkanes) is 2. The Labute approximate surface area is 177 Å². The number of rotatable bonds is 11. The van der Waals surface area contributed by atoms with E-state index in [9.17, 15) is 9.59 Å². The number of nitrogens with one attached hydrogen (secondary N) is 2. The molecule has 6 nitrogen and oxygen atoms in total. The fourth-order valence-electron chi connectivity index (χ4n) is 2.87. The van der Waals surface area contributed by atoms with Crippen molar-refractivity contribution < 1.29 is 15.3 Å². The second-order valence-corrected chi connectivity index (χ2v) is 7.23. The normalized spacial score (nSPS) is 10.4. The number of carbonyl (C=O) groups is 2. The van der Waals surface area contributed by atoms with Crippen molar-refractivity contribution in [3.05, 3.63) is 59.6 Å². The van der Waals surface area contributed by atoms with E-state index in [2.05, 4.69) is 16.4 Å². The molecule has 0 aliphatic rings. The summed E-state index contributed by atoms with van der Waals surface area (Å²) >= 11 is 5.90. The van der Waals surface area contributed by atoms with Crippen LogP contribution in [0.4, 0.5) is 16.2 Å². The van der Waals surface area contributed by atoms with E-state index >= 15 is 0 Å². The van der Waals surface area contributed by atoms with Gasteiger partial charge in [-0.2, -0.15) is 0 Å². The zero-order valence-electron chi connectivity index (χ0n) is 16.7. The number of benzene rings is 2. The van der Waals surface area contributed by atoms with Gasteiger partial charge in [-0.25, -0.2) is 4.79 Å². The van der Waals surface area contributed by atoms with Gasteiger partial charge in [0.2, 0.25) is 5.91 Å². The van der Waals surface area contributed by atoms with Gasteiger partial charge >= 0.3 is 6.03 Å². The first kappa shape index (κ1) is 22.7. The molecule has 2 aromatic carbocycles. The van der Waals surface area contributed by atoms with E-state index in [1.807, 2.05) is 30.3 Å². The van der Waals surface area contributed by atoms with Gasteiger partial charge in [0.1, 0.15) is 0 Å². The van der Waals surface area contributed by atoms with Crippen LogP contribution >= 0.6 is 11.6 Å². The van der Waals surface area contributed by atoms with Gasteiger partial charge in [-0.1, -0.05) is 29.8 Å². The molecule has 5 N–H and O–H groups in total. The number of hydrogen-bond donors (Lipinski definition) is 3. The Morgan fingerprint density at radius 3 is 2.34 bits per heavy atom. The summed E-state index contributed by atoms with van der Waals surface area (Å²) in [5.74, 6) is 0.0611. The molecule has 0 aliphatic carbocycles. The smallest absolute Gasteiger partial charge is 0.326 e. The molecule has 0 aliphatic heterocycles. The van der Waals surface area contributed by atoms with Gasteiger partial charge in [0.05, 0.1) is 6.54 Å². The van der Waals surface area contributed by atoms with Crippen molar-refractivity contribution in [2.24, 2.45) is 0 Å². The predicted molar refractivity (Wildman–Crippen MR) is 118 cm³/mol. The molecule has 0 aromatic heterocycles. The minimum atomic E-state index is -0.224. The molecule has 0 radical (unpaired) electrons. The lowest BCUT2D eigenvalue weighted by atomic mass is 10.2. The van der Waals surface area contributed by atoms with Gasteiger partial charge in [0, 0.05) is 35.9 Å². The van der Waals surface area contributed by atoms with E-state index in [4.69, 9.17) is 11.6 Å². The maximum Gasteiger partial charge on any atom is 0.326 e. The molecule has 0 saturated carbocycles. The summed E-state index contributed by atoms with van der Waals surface area (Å²) in [4.78, 5) is 26.4. The first-order valence-corrected chi connectivity index (χ1v) is 10.4. The van der Waals surface area contributed by atoms with Crippen LogP contribution in [0.5, 0.6) is 0 Å². The Balaban J connectivity index is 1.86. The van der Waals surface area contributed by atoms with E-state index in [1.165, 1.54) is 0 Å². The molecular weight excluding hydrogens is 388 g/mol. The van der Waals surface area contributed by atoms with Crippen LogP contribution in [0, 0.1) is 0 Å². The summed E-state index contributed by atoms with van der Waals surface area (Å²) in [5.41, 5.74) is 5.29. The van der Waals surface area contributed by atoms with Gasteiger partial charge in [-0.3, -0.25) is 9.69 Å². The molecule has 0 bridgehead atoms. The van der Waals surface area contributed by atoms with Gasteiger partial charge < -0.3 is 16.4 Å². The number of urea groups is 1. The topological polar surface area (TPSA) is 89.1 Å². The standard InChI is InChI=1S/C22H29ClN4O2/c23-18-11-13-19(14-12-18)26-22(29)27(20-8-3-1-4-9-20)17-7-16-25-21(28)10-5-2-6-15-24/h1,3-4,8-9,11-14H,2,5-7,10,15-17,24H2,(H,25,28)(H,26,29)/p+1. The number of carbonyl (C=O) groups excluding carboxylic acids is 2. The third-order valence-electron chi connectivity index (χ3n) is 4.44. The average Bonchev–Trinajstić information content (AvgIpc) is 2.73. The van der Waals surface area contributed by atoms with Crippen LogP contribution in [-0.4, -0.2) is 31.6 Å². The molecule has 7 heteroatoms. The molecule has 3 amide bonds. The highest BCUT2D eigenvalue weighted by atomic mass is 35.5. The zero-order valence-corrected chi connectivity index (χ0v) is 17.5. The second-order valence-electron chi connectivity index (χ2n) is 6.79. The zero-order chi connectivity index (χ0) is 20.9. The highest BCUT2D eigenvalue weighted by Gasteiger charge is 2.15. The number of anilines is 2. The van der Waals surface area contributed by atoms with E-state index in [-0.39, 0.29) is 11.9 Å². The third kappa shape index (κ3) is 8.54. The Morgan fingerprint density at radius 1 is 0.931 bits per heavy atom. The van der Waals surface area contributed by atoms with Crippen molar-refractivity contribution in [1.82, 2.24) is 5.32 Å². The summed E-state index contributed by atoms with van der Waals surface area (Å²) < 4.78 is 0. The first-order chi connectivity index (χ1) is 14.1. The molecule has 0 saturated heterocycles. The SMILES string of the molecule is [NH3+]CCCCCC(=O)NCCCN(C(=O)Nc1ccc(Cl)cc1)c1ccccc1. The average molecular weight is 418 g/mol. The molecule has 156 valence electrons. The van der Waals surface area contributed by atoms with Crippen molar-refractivity contribution in [2.75, 3.05) is 29.9 Å². The summed E-state index contributed by atoms with van der Waals surface area (Å²) in [5, 5.41) is 6.44. The van der Waals surface area contributed by atoms with E-state index in [0.717, 1.165) is 31.5 Å². The Bertz CT molecular complexity index is 753. The minimum absolute atomic E-state index is 0.0611. The molecule has 0 fully saturated rings. The Kier molecular flexibility index (Phi) is 10.0. The lowest BCUT2D eigenvalue weighted by Crippen LogP contribution is -2.50. The summed E-state index contributed by atoms with van der Waals surface area (Å²) in [7, 11) is 0. The van der Waals surface area contributed by atoms with Gasteiger partial charge in [0.25, 0.3) is 0 Å². The van der Waals surface area contributed by atoms with Crippen molar-refractivity contribution in [3.63, 3.8) is 0 Å². The third-order valence-corrected chi connectivity index (χ3v) is 4.69. The van der Waals surface area contributed by atoms with Crippen LogP contribution in [0.1, 0.15) is 32.1 Å². The molecule has 2 rings (SSSR count). The number of amides is 3. The lowest BCUT2D eigenvalue weighted by Gasteiger charge is -2.23. The number of para-hydroxylation sites is 1.